The van der Waals surface area contributed by atoms with E-state index in [1.165, 1.54) is 12.1 Å². The maximum absolute atomic E-state index is 11.2. The zero-order valence-corrected chi connectivity index (χ0v) is 11.6. The number of hydrogen-bond acceptors (Lipinski definition) is 5. The van der Waals surface area contributed by atoms with Gasteiger partial charge in [0.2, 0.25) is 10.0 Å². The van der Waals surface area contributed by atoms with Crippen LogP contribution in [0.25, 0.3) is 0 Å². The molecule has 0 fully saturated rings. The molecule has 0 spiro atoms. The number of rotatable bonds is 6. The molecule has 8 heteroatoms. The van der Waals surface area contributed by atoms with Crippen LogP contribution in [-0.4, -0.2) is 26.4 Å². The smallest absolute Gasteiger partial charge is 0.273 e. The fourth-order valence-electron chi connectivity index (χ4n) is 1.78. The lowest BCUT2D eigenvalue weighted by Crippen LogP contribution is -2.26. The largest absolute Gasteiger partial charge is 0.317 e. The number of nitro groups is 1. The number of sulfonamides is 1. The van der Waals surface area contributed by atoms with Gasteiger partial charge in [0.15, 0.2) is 0 Å². The minimum atomic E-state index is -3.94. The molecule has 1 aromatic rings. The molecule has 1 rings (SSSR count). The van der Waals surface area contributed by atoms with Gasteiger partial charge in [-0.15, -0.1) is 0 Å². The molecule has 1 atom stereocenters. The lowest BCUT2D eigenvalue weighted by atomic mass is 10.0. The van der Waals surface area contributed by atoms with Gasteiger partial charge in [-0.1, -0.05) is 13.0 Å². The quantitative estimate of drug-likeness (QED) is 0.592. The predicted octanol–water partition coefficient (Wildman–Crippen LogP) is 0.783. The van der Waals surface area contributed by atoms with Crippen LogP contribution in [0.5, 0.6) is 0 Å². The van der Waals surface area contributed by atoms with E-state index in [4.69, 9.17) is 5.14 Å². The molecule has 0 aliphatic carbocycles. The van der Waals surface area contributed by atoms with Gasteiger partial charge in [0.1, 0.15) is 0 Å². The third kappa shape index (κ3) is 3.98. The fourth-order valence-corrected chi connectivity index (χ4v) is 2.31. The first-order valence-corrected chi connectivity index (χ1v) is 7.31. The molecular weight excluding hydrogens is 270 g/mol. The Bertz CT molecular complexity index is 567. The van der Waals surface area contributed by atoms with E-state index in [9.17, 15) is 18.5 Å². The van der Waals surface area contributed by atoms with E-state index in [0.717, 1.165) is 12.5 Å². The minimum absolute atomic E-state index is 0.0963. The van der Waals surface area contributed by atoms with Crippen LogP contribution < -0.4 is 10.5 Å². The average molecular weight is 287 g/mol. The summed E-state index contributed by atoms with van der Waals surface area (Å²) in [7, 11) is -2.16. The van der Waals surface area contributed by atoms with E-state index in [1.54, 1.807) is 7.05 Å². The Hall–Kier alpha value is -1.51. The molecule has 0 bridgehead atoms. The lowest BCUT2D eigenvalue weighted by Gasteiger charge is -2.14. The van der Waals surface area contributed by atoms with Gasteiger partial charge in [0.05, 0.1) is 9.82 Å². The Morgan fingerprint density at radius 2 is 2.11 bits per heavy atom. The van der Waals surface area contributed by atoms with Crippen molar-refractivity contribution in [3.8, 4) is 0 Å². The van der Waals surface area contributed by atoms with Crippen molar-refractivity contribution in [3.05, 3.63) is 33.9 Å². The summed E-state index contributed by atoms with van der Waals surface area (Å²) < 4.78 is 22.4. The highest BCUT2D eigenvalue weighted by Gasteiger charge is 2.20. The second kappa shape index (κ2) is 6.09. The number of hydrogen-bond donors (Lipinski definition) is 2. The van der Waals surface area contributed by atoms with Crippen molar-refractivity contribution in [2.24, 2.45) is 5.14 Å². The van der Waals surface area contributed by atoms with E-state index in [2.05, 4.69) is 5.32 Å². The summed E-state index contributed by atoms with van der Waals surface area (Å²) in [5.74, 6) is 0. The third-order valence-electron chi connectivity index (χ3n) is 2.95. The average Bonchev–Trinajstić information content (AvgIpc) is 2.34. The summed E-state index contributed by atoms with van der Waals surface area (Å²) in [5, 5.41) is 19.0. The fraction of sp³-hybridized carbons (Fsp3) is 0.455. The van der Waals surface area contributed by atoms with Crippen LogP contribution in [-0.2, 0) is 16.4 Å². The SMILES string of the molecule is CCC(Cc1ccc(S(N)(=O)=O)cc1[N+](=O)[O-])NC. The normalized spacial score (nSPS) is 13.2. The van der Waals surface area contributed by atoms with Gasteiger partial charge >= 0.3 is 0 Å². The van der Waals surface area contributed by atoms with Gasteiger partial charge in [-0.3, -0.25) is 10.1 Å². The standard InChI is InChI=1S/C11H17N3O4S/c1-3-9(13-2)6-8-4-5-10(19(12,17)18)7-11(8)14(15)16/h4-5,7,9,13H,3,6H2,1-2H3,(H2,12,17,18). The molecule has 0 heterocycles. The molecule has 1 aromatic carbocycles. The molecule has 0 aliphatic heterocycles. The molecule has 0 saturated carbocycles. The Labute approximate surface area is 112 Å². The summed E-state index contributed by atoms with van der Waals surface area (Å²) >= 11 is 0. The van der Waals surface area contributed by atoms with Gasteiger partial charge in [0.25, 0.3) is 5.69 Å². The number of nitrogens with zero attached hydrogens (tertiary/aromatic N) is 1. The second-order valence-electron chi connectivity index (χ2n) is 4.19. The van der Waals surface area contributed by atoms with Gasteiger partial charge in [-0.2, -0.15) is 0 Å². The molecule has 0 amide bonds. The molecule has 3 N–H and O–H groups in total. The van der Waals surface area contributed by atoms with Crippen LogP contribution >= 0.6 is 0 Å². The summed E-state index contributed by atoms with van der Waals surface area (Å²) in [6, 6.07) is 3.84. The molecular formula is C11H17N3O4S. The van der Waals surface area contributed by atoms with Gasteiger partial charge in [0, 0.05) is 17.7 Å². The Morgan fingerprint density at radius 3 is 2.53 bits per heavy atom. The van der Waals surface area contributed by atoms with Crippen molar-refractivity contribution in [1.82, 2.24) is 5.32 Å². The maximum Gasteiger partial charge on any atom is 0.273 e. The van der Waals surface area contributed by atoms with Gasteiger partial charge in [-0.25, -0.2) is 13.6 Å². The number of likely N-dealkylation sites (N-methyl/N-ethyl adjacent to an activating group) is 1. The predicted molar refractivity (Wildman–Crippen MR) is 71.3 cm³/mol. The van der Waals surface area contributed by atoms with Crippen LogP contribution in [0.1, 0.15) is 18.9 Å². The van der Waals surface area contributed by atoms with Crippen LogP contribution in [0, 0.1) is 10.1 Å². The first-order valence-electron chi connectivity index (χ1n) is 5.77. The van der Waals surface area contributed by atoms with Crippen LogP contribution in [0.4, 0.5) is 5.69 Å². The molecule has 0 aromatic heterocycles. The monoisotopic (exact) mass is 287 g/mol. The highest BCUT2D eigenvalue weighted by Crippen LogP contribution is 2.24. The second-order valence-corrected chi connectivity index (χ2v) is 5.75. The van der Waals surface area contributed by atoms with Crippen molar-refractivity contribution in [2.75, 3.05) is 7.05 Å². The van der Waals surface area contributed by atoms with E-state index in [-0.39, 0.29) is 16.6 Å². The number of primary sulfonamides is 1. The zero-order chi connectivity index (χ0) is 14.6. The first kappa shape index (κ1) is 15.5. The summed E-state index contributed by atoms with van der Waals surface area (Å²) in [4.78, 5) is 10.2. The molecule has 0 aliphatic rings. The first-order chi connectivity index (χ1) is 8.79. The van der Waals surface area contributed by atoms with Crippen LogP contribution in [0.3, 0.4) is 0 Å². The van der Waals surface area contributed by atoms with E-state index in [1.807, 2.05) is 6.92 Å². The lowest BCUT2D eigenvalue weighted by molar-refractivity contribution is -0.385. The van der Waals surface area contributed by atoms with Crippen molar-refractivity contribution in [2.45, 2.75) is 30.7 Å². The highest BCUT2D eigenvalue weighted by atomic mass is 32.2. The molecule has 0 saturated heterocycles. The van der Waals surface area contributed by atoms with Gasteiger partial charge < -0.3 is 5.32 Å². The van der Waals surface area contributed by atoms with Crippen molar-refractivity contribution < 1.29 is 13.3 Å². The van der Waals surface area contributed by atoms with Crippen molar-refractivity contribution in [1.29, 1.82) is 0 Å². The van der Waals surface area contributed by atoms with Crippen LogP contribution in [0.15, 0.2) is 23.1 Å². The Kier molecular flexibility index (Phi) is 4.98. The minimum Gasteiger partial charge on any atom is -0.317 e. The van der Waals surface area contributed by atoms with Crippen LogP contribution in [0.2, 0.25) is 0 Å². The molecule has 1 unspecified atom stereocenters. The maximum atomic E-state index is 11.2. The van der Waals surface area contributed by atoms with E-state index < -0.39 is 14.9 Å². The topological polar surface area (TPSA) is 115 Å². The number of nitrogens with two attached hydrogens (primary N) is 1. The third-order valence-corrected chi connectivity index (χ3v) is 3.86. The molecule has 0 radical (unpaired) electrons. The number of nitro benzene ring substituents is 1. The molecule has 7 nitrogen and oxygen atoms in total. The molecule has 106 valence electrons. The van der Waals surface area contributed by atoms with E-state index in [0.29, 0.717) is 12.0 Å². The Morgan fingerprint density at radius 1 is 1.47 bits per heavy atom. The number of nitrogens with one attached hydrogen (secondary N) is 1. The summed E-state index contributed by atoms with van der Waals surface area (Å²) in [5.41, 5.74) is 0.263. The molecule has 19 heavy (non-hydrogen) atoms. The summed E-state index contributed by atoms with van der Waals surface area (Å²) in [6.07, 6.45) is 1.26. The highest BCUT2D eigenvalue weighted by molar-refractivity contribution is 7.89. The zero-order valence-electron chi connectivity index (χ0n) is 10.8. The van der Waals surface area contributed by atoms with Crippen molar-refractivity contribution >= 4 is 15.7 Å². The van der Waals surface area contributed by atoms with Gasteiger partial charge in [-0.05, 0) is 26.0 Å². The Balaban J connectivity index is 3.23. The van der Waals surface area contributed by atoms with Crippen molar-refractivity contribution in [3.63, 3.8) is 0 Å². The summed E-state index contributed by atoms with van der Waals surface area (Å²) in [6.45, 7) is 1.96. The number of benzene rings is 1. The van der Waals surface area contributed by atoms with E-state index >= 15 is 0 Å².